The molecule has 0 aliphatic heterocycles. The maximum absolute atomic E-state index is 5.88. The van der Waals surface area contributed by atoms with E-state index in [-0.39, 0.29) is 0 Å². The Morgan fingerprint density at radius 2 is 2.10 bits per heavy atom. The summed E-state index contributed by atoms with van der Waals surface area (Å²) >= 11 is 0. The Morgan fingerprint density at radius 1 is 1.25 bits per heavy atom. The minimum Gasteiger partial charge on any atom is -0.487 e. The molecular weight excluding hydrogens is 250 g/mol. The number of nitrogens with one attached hydrogen (secondary N) is 1. The smallest absolute Gasteiger partial charge is 0.130 e. The zero-order valence-corrected chi connectivity index (χ0v) is 12.5. The third-order valence-electron chi connectivity index (χ3n) is 3.15. The molecule has 2 aromatic rings. The minimum absolute atomic E-state index is 0.555. The zero-order chi connectivity index (χ0) is 14.4. The van der Waals surface area contributed by atoms with E-state index in [0.29, 0.717) is 6.61 Å². The van der Waals surface area contributed by atoms with E-state index in [9.17, 15) is 0 Å². The van der Waals surface area contributed by atoms with Gasteiger partial charge in [0.1, 0.15) is 12.4 Å². The zero-order valence-electron chi connectivity index (χ0n) is 12.5. The van der Waals surface area contributed by atoms with Crippen LogP contribution in [0.2, 0.25) is 0 Å². The van der Waals surface area contributed by atoms with E-state index < -0.39 is 0 Å². The number of aryl methyl sites for hydroxylation is 2. The first-order chi connectivity index (χ1) is 9.72. The molecule has 4 heteroatoms. The average Bonchev–Trinajstić information content (AvgIpc) is 2.83. The summed E-state index contributed by atoms with van der Waals surface area (Å²) in [5.74, 6) is 0.905. The molecule has 0 radical (unpaired) electrons. The van der Waals surface area contributed by atoms with Crippen LogP contribution in [-0.2, 0) is 19.7 Å². The minimum atomic E-state index is 0.555. The third-order valence-corrected chi connectivity index (χ3v) is 3.15. The van der Waals surface area contributed by atoms with Gasteiger partial charge in [-0.1, -0.05) is 19.1 Å². The second-order valence-corrected chi connectivity index (χ2v) is 4.81. The summed E-state index contributed by atoms with van der Waals surface area (Å²) in [7, 11) is 0. The monoisotopic (exact) mass is 273 g/mol. The van der Waals surface area contributed by atoms with Gasteiger partial charge in [0.15, 0.2) is 0 Å². The van der Waals surface area contributed by atoms with E-state index in [1.165, 1.54) is 5.56 Å². The van der Waals surface area contributed by atoms with E-state index in [4.69, 9.17) is 4.74 Å². The highest BCUT2D eigenvalue weighted by atomic mass is 16.5. The number of nitrogens with zero attached hydrogens (tertiary/aromatic N) is 2. The number of ether oxygens (including phenoxy) is 1. The molecule has 0 atom stereocenters. The molecule has 2 rings (SSSR count). The molecule has 0 aliphatic rings. The SMILES string of the molecule is CCNCc1cccc(OCc2cc(C)nn2CC)c1. The van der Waals surface area contributed by atoms with E-state index in [0.717, 1.165) is 36.8 Å². The van der Waals surface area contributed by atoms with Crippen LogP contribution in [0.3, 0.4) is 0 Å². The fourth-order valence-corrected chi connectivity index (χ4v) is 2.16. The Labute approximate surface area is 120 Å². The predicted octanol–water partition coefficient (Wildman–Crippen LogP) is 2.90. The van der Waals surface area contributed by atoms with Gasteiger partial charge in [-0.05, 0) is 44.2 Å². The third kappa shape index (κ3) is 3.84. The van der Waals surface area contributed by atoms with Crippen molar-refractivity contribution in [2.75, 3.05) is 6.54 Å². The molecule has 1 aromatic carbocycles. The van der Waals surface area contributed by atoms with Crippen molar-refractivity contribution in [3.63, 3.8) is 0 Å². The predicted molar refractivity (Wildman–Crippen MR) is 80.8 cm³/mol. The Kier molecular flexibility index (Phi) is 5.18. The van der Waals surface area contributed by atoms with Gasteiger partial charge >= 0.3 is 0 Å². The molecule has 20 heavy (non-hydrogen) atoms. The van der Waals surface area contributed by atoms with Crippen LogP contribution in [0.25, 0.3) is 0 Å². The molecule has 1 aromatic heterocycles. The fraction of sp³-hybridized carbons (Fsp3) is 0.438. The number of aromatic nitrogens is 2. The van der Waals surface area contributed by atoms with Gasteiger partial charge in [0, 0.05) is 13.1 Å². The van der Waals surface area contributed by atoms with E-state index in [1.807, 2.05) is 23.7 Å². The second kappa shape index (κ2) is 7.10. The van der Waals surface area contributed by atoms with Crippen molar-refractivity contribution < 1.29 is 4.74 Å². The van der Waals surface area contributed by atoms with Crippen LogP contribution in [0.4, 0.5) is 0 Å². The van der Waals surface area contributed by atoms with Gasteiger partial charge in [-0.15, -0.1) is 0 Å². The molecule has 1 N–H and O–H groups in total. The summed E-state index contributed by atoms with van der Waals surface area (Å²) in [6.45, 7) is 9.47. The quantitative estimate of drug-likeness (QED) is 0.843. The largest absolute Gasteiger partial charge is 0.487 e. The van der Waals surface area contributed by atoms with Gasteiger partial charge in [0.25, 0.3) is 0 Å². The molecule has 4 nitrogen and oxygen atoms in total. The molecule has 0 fully saturated rings. The van der Waals surface area contributed by atoms with Crippen molar-refractivity contribution in [2.24, 2.45) is 0 Å². The van der Waals surface area contributed by atoms with Gasteiger partial charge in [-0.3, -0.25) is 4.68 Å². The Bertz CT molecular complexity index is 548. The Hall–Kier alpha value is -1.81. The summed E-state index contributed by atoms with van der Waals surface area (Å²) in [5, 5.41) is 7.74. The molecule has 1 heterocycles. The Balaban J connectivity index is 1.99. The second-order valence-electron chi connectivity index (χ2n) is 4.81. The van der Waals surface area contributed by atoms with E-state index >= 15 is 0 Å². The maximum atomic E-state index is 5.88. The summed E-state index contributed by atoms with van der Waals surface area (Å²) < 4.78 is 7.86. The van der Waals surface area contributed by atoms with Gasteiger partial charge < -0.3 is 10.1 Å². The normalized spacial score (nSPS) is 10.8. The van der Waals surface area contributed by atoms with Crippen LogP contribution in [-0.4, -0.2) is 16.3 Å². The lowest BCUT2D eigenvalue weighted by Crippen LogP contribution is -2.11. The summed E-state index contributed by atoms with van der Waals surface area (Å²) in [6.07, 6.45) is 0. The van der Waals surface area contributed by atoms with Gasteiger partial charge in [-0.2, -0.15) is 5.10 Å². The van der Waals surface area contributed by atoms with Crippen LogP contribution in [0.1, 0.15) is 30.8 Å². The van der Waals surface area contributed by atoms with Gasteiger partial charge in [0.05, 0.1) is 11.4 Å². The van der Waals surface area contributed by atoms with Crippen LogP contribution in [0.15, 0.2) is 30.3 Å². The van der Waals surface area contributed by atoms with Crippen molar-refractivity contribution >= 4 is 0 Å². The molecular formula is C16H23N3O. The highest BCUT2D eigenvalue weighted by Gasteiger charge is 2.05. The molecule has 0 amide bonds. The summed E-state index contributed by atoms with van der Waals surface area (Å²) in [4.78, 5) is 0. The first-order valence-electron chi connectivity index (χ1n) is 7.18. The molecule has 0 spiro atoms. The summed E-state index contributed by atoms with van der Waals surface area (Å²) in [5.41, 5.74) is 3.39. The topological polar surface area (TPSA) is 39.1 Å². The first kappa shape index (κ1) is 14.6. The van der Waals surface area contributed by atoms with E-state index in [1.54, 1.807) is 0 Å². The maximum Gasteiger partial charge on any atom is 0.130 e. The van der Waals surface area contributed by atoms with Crippen LogP contribution in [0, 0.1) is 6.92 Å². The van der Waals surface area contributed by atoms with Crippen molar-refractivity contribution in [1.82, 2.24) is 15.1 Å². The van der Waals surface area contributed by atoms with Gasteiger partial charge in [0.2, 0.25) is 0 Å². The molecule has 0 unspecified atom stereocenters. The number of benzene rings is 1. The molecule has 0 saturated heterocycles. The number of rotatable bonds is 7. The van der Waals surface area contributed by atoms with Crippen LogP contribution in [0.5, 0.6) is 5.75 Å². The van der Waals surface area contributed by atoms with E-state index in [2.05, 4.69) is 42.5 Å². The standard InChI is InChI=1S/C16H23N3O/c1-4-17-11-14-7-6-8-16(10-14)20-12-15-9-13(3)18-19(15)5-2/h6-10,17H,4-5,11-12H2,1-3H3. The highest BCUT2D eigenvalue weighted by molar-refractivity contribution is 5.28. The Morgan fingerprint density at radius 3 is 2.85 bits per heavy atom. The first-order valence-corrected chi connectivity index (χ1v) is 7.18. The fourth-order valence-electron chi connectivity index (χ4n) is 2.16. The van der Waals surface area contributed by atoms with Crippen molar-refractivity contribution in [1.29, 1.82) is 0 Å². The lowest BCUT2D eigenvalue weighted by atomic mass is 10.2. The lowest BCUT2D eigenvalue weighted by molar-refractivity contribution is 0.292. The van der Waals surface area contributed by atoms with Crippen LogP contribution < -0.4 is 10.1 Å². The van der Waals surface area contributed by atoms with Gasteiger partial charge in [-0.25, -0.2) is 0 Å². The molecule has 0 bridgehead atoms. The van der Waals surface area contributed by atoms with Crippen molar-refractivity contribution in [3.8, 4) is 5.75 Å². The molecule has 108 valence electrons. The number of hydrogen-bond donors (Lipinski definition) is 1. The molecule has 0 saturated carbocycles. The highest BCUT2D eigenvalue weighted by Crippen LogP contribution is 2.15. The number of hydrogen-bond acceptors (Lipinski definition) is 3. The average molecular weight is 273 g/mol. The van der Waals surface area contributed by atoms with Crippen molar-refractivity contribution in [3.05, 3.63) is 47.3 Å². The summed E-state index contributed by atoms with van der Waals surface area (Å²) in [6, 6.07) is 10.3. The van der Waals surface area contributed by atoms with Crippen LogP contribution >= 0.6 is 0 Å². The lowest BCUT2D eigenvalue weighted by Gasteiger charge is -2.09. The van der Waals surface area contributed by atoms with Crippen molar-refractivity contribution in [2.45, 2.75) is 40.5 Å². The molecule has 0 aliphatic carbocycles.